The zero-order chi connectivity index (χ0) is 35.4. The van der Waals surface area contributed by atoms with Crippen molar-refractivity contribution in [1.29, 1.82) is 0 Å². The lowest BCUT2D eigenvalue weighted by Crippen LogP contribution is -2.36. The van der Waals surface area contributed by atoms with Crippen LogP contribution < -0.4 is 0 Å². The third-order valence-corrected chi connectivity index (χ3v) is 8.39. The number of aromatic nitrogens is 6. The Labute approximate surface area is 287 Å². The number of H-pyrrole nitrogens is 1. The molecule has 1 unspecified atom stereocenters. The Kier molecular flexibility index (Phi) is 10.2. The predicted molar refractivity (Wildman–Crippen MR) is 172 cm³/mol. The Morgan fingerprint density at radius 1 is 1.06 bits per heavy atom. The molecule has 50 heavy (non-hydrogen) atoms. The number of imidazole rings is 1. The van der Waals surface area contributed by atoms with Gasteiger partial charge in [0.05, 0.1) is 13.2 Å². The van der Waals surface area contributed by atoms with E-state index in [1.54, 1.807) is 4.57 Å². The topological polar surface area (TPSA) is 199 Å². The number of tetrazole rings is 1. The number of hydrogen-bond donors (Lipinski definition) is 2. The van der Waals surface area contributed by atoms with Gasteiger partial charge in [0.1, 0.15) is 29.3 Å². The molecule has 6 rings (SSSR count). The summed E-state index contributed by atoms with van der Waals surface area (Å²) in [6.45, 7) is 7.10. The van der Waals surface area contributed by atoms with Crippen molar-refractivity contribution in [3.8, 4) is 22.5 Å². The molecule has 2 N–H and O–H groups in total. The quantitative estimate of drug-likeness (QED) is 0.0896. The molecule has 4 heterocycles. The number of carbonyl (C=O) groups is 3. The van der Waals surface area contributed by atoms with Crippen LogP contribution in [0.1, 0.15) is 61.7 Å². The molecule has 2 aliphatic heterocycles. The molecule has 5 atom stereocenters. The number of ether oxygens (including phenoxy) is 6. The van der Waals surface area contributed by atoms with E-state index in [1.165, 1.54) is 20.8 Å². The number of aromatic amines is 1. The maximum absolute atomic E-state index is 13.8. The number of esters is 1. The van der Waals surface area contributed by atoms with Gasteiger partial charge in [-0.15, -0.1) is 10.2 Å². The van der Waals surface area contributed by atoms with Crippen molar-refractivity contribution in [2.75, 3.05) is 13.2 Å². The molecule has 16 nitrogen and oxygen atoms in total. The second-order valence-electron chi connectivity index (χ2n) is 12.5. The highest BCUT2D eigenvalue weighted by Gasteiger charge is 2.51. The Hall–Kier alpha value is -5.19. The maximum atomic E-state index is 13.8. The lowest BCUT2D eigenvalue weighted by Gasteiger charge is -2.21. The third-order valence-electron chi connectivity index (χ3n) is 8.39. The summed E-state index contributed by atoms with van der Waals surface area (Å²) in [4.78, 5) is 41.9. The summed E-state index contributed by atoms with van der Waals surface area (Å²) >= 11 is 0. The molecular weight excluding hydrogens is 652 g/mol. The molecule has 264 valence electrons. The van der Waals surface area contributed by atoms with Crippen LogP contribution in [0.15, 0.2) is 48.5 Å². The van der Waals surface area contributed by atoms with Crippen LogP contribution in [0.4, 0.5) is 4.79 Å². The average molecular weight is 691 g/mol. The van der Waals surface area contributed by atoms with Gasteiger partial charge < -0.3 is 38.1 Å². The maximum Gasteiger partial charge on any atom is 0.511 e. The van der Waals surface area contributed by atoms with Crippen LogP contribution in [-0.4, -0.2) is 97.8 Å². The van der Waals surface area contributed by atoms with Crippen molar-refractivity contribution in [1.82, 2.24) is 30.2 Å². The smallest absolute Gasteiger partial charge is 0.459 e. The fraction of sp³-hybridized carbons (Fsp3) is 0.441. The van der Waals surface area contributed by atoms with Crippen molar-refractivity contribution in [3.05, 3.63) is 71.3 Å². The lowest BCUT2D eigenvalue weighted by molar-refractivity contribution is -0.138. The van der Waals surface area contributed by atoms with Gasteiger partial charge in [-0.1, -0.05) is 55.5 Å². The van der Waals surface area contributed by atoms with Crippen molar-refractivity contribution >= 4 is 18.6 Å². The number of nitrogens with zero attached hydrogens (tertiary/aromatic N) is 5. The Bertz CT molecular complexity index is 1800. The molecule has 16 heteroatoms. The molecule has 0 bridgehead atoms. The largest absolute Gasteiger partial charge is 0.511 e. The van der Waals surface area contributed by atoms with E-state index >= 15 is 0 Å². The fourth-order valence-electron chi connectivity index (χ4n) is 6.13. The Balaban J connectivity index is 1.18. The number of benzene rings is 2. The molecule has 2 saturated heterocycles. The number of aryl methyl sites for hydroxylation is 1. The summed E-state index contributed by atoms with van der Waals surface area (Å²) in [6.07, 6.45) is -3.85. The Morgan fingerprint density at radius 2 is 1.76 bits per heavy atom. The van der Waals surface area contributed by atoms with Crippen LogP contribution in [0, 0.1) is 0 Å². The van der Waals surface area contributed by atoms with E-state index in [0.717, 1.165) is 28.7 Å². The summed E-state index contributed by atoms with van der Waals surface area (Å²) < 4.78 is 34.1. The van der Waals surface area contributed by atoms with Gasteiger partial charge in [-0.3, -0.25) is 4.79 Å². The lowest BCUT2D eigenvalue weighted by atomic mass is 9.98. The first-order valence-corrected chi connectivity index (χ1v) is 16.2. The Morgan fingerprint density at radius 3 is 2.42 bits per heavy atom. The standard InChI is InChI=1S/C34H38N6O10/c1-5-8-26-35-30(34(3,4)44)27(32(42)48-19(2)49-33(43)50-25-17-46-28-24(47-18-41)16-45-29(25)28)40(26)15-20-11-13-21(14-12-20)22-9-6-7-10-23(22)31-36-38-39-37-31/h6-7,9-14,18-19,24-25,28-29,44H,5,8,15-17H2,1-4H3,(H,36,37,38,39)/t19?,24-,25-,28+,29+/m0/s1. The zero-order valence-electron chi connectivity index (χ0n) is 28.0. The summed E-state index contributed by atoms with van der Waals surface area (Å²) in [5, 5.41) is 25.5. The molecule has 2 aromatic heterocycles. The molecule has 2 aromatic carbocycles. The minimum absolute atomic E-state index is 0.0119. The van der Waals surface area contributed by atoms with E-state index < -0.39 is 48.4 Å². The van der Waals surface area contributed by atoms with Gasteiger partial charge in [-0.2, -0.15) is 5.21 Å². The van der Waals surface area contributed by atoms with Crippen molar-refractivity contribution in [3.63, 3.8) is 0 Å². The van der Waals surface area contributed by atoms with Gasteiger partial charge in [-0.25, -0.2) is 14.6 Å². The molecule has 0 radical (unpaired) electrons. The molecule has 4 aromatic rings. The SMILES string of the molecule is CCCc1nc(C(C)(C)O)c(C(=O)OC(C)OC(=O)O[C@H]2CO[C@H]3[C@@H]2OC[C@@H]3OC=O)n1Cc1ccc(-c2ccccc2-c2nn[nH]n2)cc1. The number of fused-ring (bicyclic) bond motifs is 1. The molecule has 2 fully saturated rings. The highest BCUT2D eigenvalue weighted by molar-refractivity contribution is 5.89. The fourth-order valence-corrected chi connectivity index (χ4v) is 6.13. The number of rotatable bonds is 13. The van der Waals surface area contributed by atoms with Gasteiger partial charge in [0, 0.05) is 25.5 Å². The first-order chi connectivity index (χ1) is 24.1. The summed E-state index contributed by atoms with van der Waals surface area (Å²) in [5.74, 6) is 0.213. The van der Waals surface area contributed by atoms with Gasteiger partial charge >= 0.3 is 12.1 Å². The van der Waals surface area contributed by atoms with Crippen molar-refractivity contribution < 1.29 is 47.9 Å². The van der Waals surface area contributed by atoms with Crippen LogP contribution in [0.25, 0.3) is 22.5 Å². The van der Waals surface area contributed by atoms with Gasteiger partial charge in [0.2, 0.25) is 12.1 Å². The van der Waals surface area contributed by atoms with Crippen LogP contribution in [0.5, 0.6) is 0 Å². The number of aliphatic hydroxyl groups is 1. The van der Waals surface area contributed by atoms with Gasteiger partial charge in [-0.05, 0) is 42.2 Å². The molecule has 2 aliphatic rings. The second kappa shape index (κ2) is 14.7. The zero-order valence-corrected chi connectivity index (χ0v) is 28.0. The monoisotopic (exact) mass is 690 g/mol. The normalized spacial score (nSPS) is 20.6. The number of nitrogens with one attached hydrogen (secondary N) is 1. The average Bonchev–Trinajstić information content (AvgIpc) is 3.89. The molecule has 0 aliphatic carbocycles. The van der Waals surface area contributed by atoms with E-state index in [1.807, 2.05) is 55.5 Å². The second-order valence-corrected chi connectivity index (χ2v) is 12.5. The van der Waals surface area contributed by atoms with Gasteiger partial charge in [0.15, 0.2) is 17.9 Å². The van der Waals surface area contributed by atoms with E-state index in [4.69, 9.17) is 28.4 Å². The number of carbonyl (C=O) groups excluding carboxylic acids is 3. The molecule has 0 spiro atoms. The van der Waals surface area contributed by atoms with Crippen LogP contribution in [-0.2, 0) is 51.8 Å². The summed E-state index contributed by atoms with van der Waals surface area (Å²) in [5.41, 5.74) is 2.19. The third kappa shape index (κ3) is 7.36. The highest BCUT2D eigenvalue weighted by Crippen LogP contribution is 2.32. The van der Waals surface area contributed by atoms with Crippen molar-refractivity contribution in [2.45, 2.75) is 83.4 Å². The van der Waals surface area contributed by atoms with E-state index in [9.17, 15) is 19.5 Å². The van der Waals surface area contributed by atoms with Crippen molar-refractivity contribution in [2.24, 2.45) is 0 Å². The first-order valence-electron chi connectivity index (χ1n) is 16.2. The van der Waals surface area contributed by atoms with Crippen LogP contribution in [0.2, 0.25) is 0 Å². The minimum Gasteiger partial charge on any atom is -0.459 e. The van der Waals surface area contributed by atoms with E-state index in [0.29, 0.717) is 24.5 Å². The van der Waals surface area contributed by atoms with Gasteiger partial charge in [0.25, 0.3) is 6.47 Å². The predicted octanol–water partition coefficient (Wildman–Crippen LogP) is 3.32. The van der Waals surface area contributed by atoms with E-state index in [-0.39, 0.29) is 31.1 Å². The summed E-state index contributed by atoms with van der Waals surface area (Å²) in [7, 11) is 0. The molecule has 0 saturated carbocycles. The molecular formula is C34H38N6O10. The first kappa shape index (κ1) is 34.7. The molecule has 0 amide bonds. The minimum atomic E-state index is -1.50. The summed E-state index contributed by atoms with van der Waals surface area (Å²) in [6, 6.07) is 15.5. The van der Waals surface area contributed by atoms with Crippen LogP contribution >= 0.6 is 0 Å². The van der Waals surface area contributed by atoms with Crippen LogP contribution in [0.3, 0.4) is 0 Å². The number of hydrogen-bond acceptors (Lipinski definition) is 14. The van der Waals surface area contributed by atoms with E-state index in [2.05, 4.69) is 25.6 Å². The highest BCUT2D eigenvalue weighted by atomic mass is 16.8.